The molecular formula is C20H25ClN6O. The molecule has 1 saturated carbocycles. The number of pyridine rings is 2. The number of aryl methyl sites for hydroxylation is 1. The Morgan fingerprint density at radius 3 is 2.89 bits per heavy atom. The van der Waals surface area contributed by atoms with Crippen LogP contribution in [-0.2, 0) is 12.4 Å². The lowest BCUT2D eigenvalue weighted by Crippen LogP contribution is -2.43. The summed E-state index contributed by atoms with van der Waals surface area (Å²) in [4.78, 5) is 25.6. The summed E-state index contributed by atoms with van der Waals surface area (Å²) in [6.07, 6.45) is 10.2. The molecule has 8 heteroatoms. The number of amides is 2. The van der Waals surface area contributed by atoms with Gasteiger partial charge in [0.05, 0.1) is 23.1 Å². The van der Waals surface area contributed by atoms with Gasteiger partial charge in [0.15, 0.2) is 0 Å². The number of halogens is 1. The Morgan fingerprint density at radius 2 is 2.07 bits per heavy atom. The van der Waals surface area contributed by atoms with Crippen LogP contribution in [0.15, 0.2) is 24.5 Å². The first-order valence-electron chi connectivity index (χ1n) is 9.95. The highest BCUT2D eigenvalue weighted by molar-refractivity contribution is 6.17. The summed E-state index contributed by atoms with van der Waals surface area (Å²) in [5, 5.41) is 6.05. The number of urea groups is 1. The number of fused-ring (bicyclic) bond motifs is 3. The Balaban J connectivity index is 1.41. The minimum Gasteiger partial charge on any atom is -0.338 e. The first kappa shape index (κ1) is 18.9. The molecule has 0 unspecified atom stereocenters. The van der Waals surface area contributed by atoms with Crippen LogP contribution in [0.4, 0.5) is 4.79 Å². The molecular weight excluding hydrogens is 376 g/mol. The molecule has 7 nitrogen and oxygen atoms in total. The van der Waals surface area contributed by atoms with Crippen LogP contribution in [0.1, 0.15) is 44.3 Å². The topological polar surface area (TPSA) is 84.7 Å². The average Bonchev–Trinajstić information content (AvgIpc) is 3.10. The highest BCUT2D eigenvalue weighted by atomic mass is 35.5. The van der Waals surface area contributed by atoms with Crippen LogP contribution >= 0.6 is 11.6 Å². The minimum absolute atomic E-state index is 0.0729. The molecule has 148 valence electrons. The van der Waals surface area contributed by atoms with Crippen LogP contribution in [0.3, 0.4) is 0 Å². The summed E-state index contributed by atoms with van der Waals surface area (Å²) < 4.78 is 2.10. The van der Waals surface area contributed by atoms with Gasteiger partial charge in [-0.3, -0.25) is 9.97 Å². The second-order valence-electron chi connectivity index (χ2n) is 7.27. The van der Waals surface area contributed by atoms with E-state index in [0.717, 1.165) is 47.2 Å². The average molecular weight is 401 g/mol. The molecule has 2 amide bonds. The summed E-state index contributed by atoms with van der Waals surface area (Å²) in [6, 6.07) is 4.06. The largest absolute Gasteiger partial charge is 0.338 e. The molecule has 0 saturated heterocycles. The molecule has 28 heavy (non-hydrogen) atoms. The van der Waals surface area contributed by atoms with E-state index in [1.807, 2.05) is 12.1 Å². The lowest BCUT2D eigenvalue weighted by atomic mass is 9.96. The van der Waals surface area contributed by atoms with Gasteiger partial charge < -0.3 is 15.2 Å². The van der Waals surface area contributed by atoms with E-state index < -0.39 is 0 Å². The van der Waals surface area contributed by atoms with Gasteiger partial charge >= 0.3 is 6.03 Å². The van der Waals surface area contributed by atoms with Crippen LogP contribution in [0.2, 0.25) is 0 Å². The zero-order valence-electron chi connectivity index (χ0n) is 15.8. The summed E-state index contributed by atoms with van der Waals surface area (Å²) in [6.45, 7) is 1.30. The molecule has 2 N–H and O–H groups in total. The smallest absolute Gasteiger partial charge is 0.315 e. The first-order valence-corrected chi connectivity index (χ1v) is 10.5. The number of aromatic nitrogens is 4. The van der Waals surface area contributed by atoms with Gasteiger partial charge in [-0.2, -0.15) is 0 Å². The van der Waals surface area contributed by atoms with E-state index >= 15 is 0 Å². The van der Waals surface area contributed by atoms with Crippen LogP contribution in [-0.4, -0.2) is 38.1 Å². The maximum absolute atomic E-state index is 12.1. The molecule has 1 fully saturated rings. The van der Waals surface area contributed by atoms with Crippen LogP contribution in [0, 0.1) is 0 Å². The maximum Gasteiger partial charge on any atom is 0.315 e. The molecule has 1 aliphatic carbocycles. The van der Waals surface area contributed by atoms with Crippen LogP contribution in [0.5, 0.6) is 0 Å². The van der Waals surface area contributed by atoms with E-state index in [1.165, 1.54) is 19.3 Å². The quantitative estimate of drug-likeness (QED) is 0.487. The number of nitrogens with one attached hydrogen (secondary N) is 2. The van der Waals surface area contributed by atoms with E-state index in [1.54, 1.807) is 12.4 Å². The predicted molar refractivity (Wildman–Crippen MR) is 110 cm³/mol. The van der Waals surface area contributed by atoms with Crippen molar-refractivity contribution >= 4 is 39.7 Å². The van der Waals surface area contributed by atoms with Crippen molar-refractivity contribution < 1.29 is 4.79 Å². The number of carbonyl (C=O) groups is 1. The monoisotopic (exact) mass is 400 g/mol. The van der Waals surface area contributed by atoms with Crippen molar-refractivity contribution in [2.45, 2.75) is 57.0 Å². The van der Waals surface area contributed by atoms with Gasteiger partial charge in [0.2, 0.25) is 0 Å². The van der Waals surface area contributed by atoms with Gasteiger partial charge in [-0.05, 0) is 31.4 Å². The van der Waals surface area contributed by atoms with Gasteiger partial charge in [0, 0.05) is 25.3 Å². The number of alkyl halides is 1. The number of rotatable bonds is 6. The number of imidazole rings is 1. The van der Waals surface area contributed by atoms with Gasteiger partial charge in [-0.25, -0.2) is 9.78 Å². The second-order valence-corrected chi connectivity index (χ2v) is 7.53. The van der Waals surface area contributed by atoms with Crippen molar-refractivity contribution in [3.05, 3.63) is 30.4 Å². The van der Waals surface area contributed by atoms with Gasteiger partial charge in [-0.1, -0.05) is 19.3 Å². The lowest BCUT2D eigenvalue weighted by molar-refractivity contribution is 0.232. The molecule has 0 bridgehead atoms. The maximum atomic E-state index is 12.1. The van der Waals surface area contributed by atoms with Gasteiger partial charge in [0.1, 0.15) is 16.9 Å². The third-order valence-electron chi connectivity index (χ3n) is 5.31. The molecule has 3 aromatic rings. The zero-order chi connectivity index (χ0) is 19.3. The molecule has 0 aliphatic heterocycles. The number of nitrogens with zero attached hydrogens (tertiary/aromatic N) is 4. The zero-order valence-corrected chi connectivity index (χ0v) is 16.6. The third kappa shape index (κ3) is 4.04. The van der Waals surface area contributed by atoms with E-state index in [2.05, 4.69) is 30.2 Å². The molecule has 0 spiro atoms. The fourth-order valence-electron chi connectivity index (χ4n) is 3.94. The third-order valence-corrected chi connectivity index (χ3v) is 5.55. The highest BCUT2D eigenvalue weighted by Crippen LogP contribution is 2.24. The Morgan fingerprint density at radius 1 is 1.21 bits per heavy atom. The van der Waals surface area contributed by atoms with Gasteiger partial charge in [-0.15, -0.1) is 11.6 Å². The Kier molecular flexibility index (Phi) is 5.90. The first-order chi connectivity index (χ1) is 13.8. The Hall–Kier alpha value is -2.41. The predicted octanol–water partition coefficient (Wildman–Crippen LogP) is 3.74. The van der Waals surface area contributed by atoms with E-state index in [4.69, 9.17) is 11.6 Å². The van der Waals surface area contributed by atoms with E-state index in [0.29, 0.717) is 25.0 Å². The Bertz CT molecular complexity index is 966. The fraction of sp³-hybridized carbons (Fsp3) is 0.500. The molecule has 0 aromatic carbocycles. The fourth-order valence-corrected chi connectivity index (χ4v) is 4.14. The lowest BCUT2D eigenvalue weighted by Gasteiger charge is -2.22. The SMILES string of the molecule is O=C(NCCCn1c(CCl)nc2cnc3cccnc3c21)NC1CCCCC1. The number of hydrogen-bond acceptors (Lipinski definition) is 4. The van der Waals surface area contributed by atoms with Crippen molar-refractivity contribution in [3.63, 3.8) is 0 Å². The standard InChI is InChI=1S/C20H25ClN6O/c21-12-17-26-16-13-24-15-8-4-9-22-18(15)19(16)27(17)11-5-10-23-20(28)25-14-6-2-1-3-7-14/h4,8-9,13-14H,1-3,5-7,10-12H2,(H2,23,25,28). The molecule has 3 heterocycles. The Labute approximate surface area is 168 Å². The molecule has 0 atom stereocenters. The van der Waals surface area contributed by atoms with Gasteiger partial charge in [0.25, 0.3) is 0 Å². The summed E-state index contributed by atoms with van der Waals surface area (Å²) in [5.41, 5.74) is 3.41. The summed E-state index contributed by atoms with van der Waals surface area (Å²) in [7, 11) is 0. The second kappa shape index (κ2) is 8.73. The van der Waals surface area contributed by atoms with Crippen LogP contribution < -0.4 is 10.6 Å². The van der Waals surface area contributed by atoms with Crippen molar-refractivity contribution in [1.82, 2.24) is 30.2 Å². The minimum atomic E-state index is -0.0729. The summed E-state index contributed by atoms with van der Waals surface area (Å²) >= 11 is 6.12. The van der Waals surface area contributed by atoms with Crippen molar-refractivity contribution in [2.24, 2.45) is 0 Å². The number of carbonyl (C=O) groups excluding carboxylic acids is 1. The molecule has 4 rings (SSSR count). The van der Waals surface area contributed by atoms with Crippen molar-refractivity contribution in [2.75, 3.05) is 6.54 Å². The van der Waals surface area contributed by atoms with E-state index in [9.17, 15) is 4.79 Å². The molecule has 0 radical (unpaired) electrons. The van der Waals surface area contributed by atoms with Crippen LogP contribution in [0.25, 0.3) is 22.1 Å². The van der Waals surface area contributed by atoms with Crippen molar-refractivity contribution in [1.29, 1.82) is 0 Å². The van der Waals surface area contributed by atoms with E-state index in [-0.39, 0.29) is 6.03 Å². The molecule has 1 aliphatic rings. The summed E-state index contributed by atoms with van der Waals surface area (Å²) in [5.74, 6) is 1.11. The van der Waals surface area contributed by atoms with Crippen molar-refractivity contribution in [3.8, 4) is 0 Å². The normalized spacial score (nSPS) is 15.2. The molecule has 3 aromatic heterocycles. The highest BCUT2D eigenvalue weighted by Gasteiger charge is 2.16. The number of hydrogen-bond donors (Lipinski definition) is 2.